The molecule has 3 aromatic carbocycles. The molecule has 0 spiro atoms. The summed E-state index contributed by atoms with van der Waals surface area (Å²) in [6.07, 6.45) is -0.0992. The number of hydrogen-bond donors (Lipinski definition) is 2. The molecule has 0 aliphatic heterocycles. The highest BCUT2D eigenvalue weighted by Crippen LogP contribution is 2.24. The molecule has 4 heteroatoms. The fraction of sp³-hybridized carbons (Fsp3) is 0.143. The van der Waals surface area contributed by atoms with Gasteiger partial charge >= 0.3 is 0 Å². The van der Waals surface area contributed by atoms with Crippen molar-refractivity contribution in [3.8, 4) is 11.5 Å². The largest absolute Gasteiger partial charge is 0.457 e. The van der Waals surface area contributed by atoms with Crippen LogP contribution in [-0.4, -0.2) is 11.2 Å². The Bertz CT molecular complexity index is 748. The molecule has 0 bridgehead atoms. The van der Waals surface area contributed by atoms with Gasteiger partial charge in [0.2, 0.25) is 0 Å². The molecular formula is C21H22ClNO2. The molecule has 0 heterocycles. The van der Waals surface area contributed by atoms with Gasteiger partial charge in [0, 0.05) is 6.42 Å². The van der Waals surface area contributed by atoms with E-state index in [4.69, 9.17) is 10.5 Å². The molecule has 0 aliphatic carbocycles. The van der Waals surface area contributed by atoms with Crippen molar-refractivity contribution >= 4 is 12.4 Å². The van der Waals surface area contributed by atoms with Gasteiger partial charge in [0.05, 0.1) is 12.1 Å². The highest BCUT2D eigenvalue weighted by Gasteiger charge is 2.17. The first-order valence-corrected chi connectivity index (χ1v) is 8.03. The summed E-state index contributed by atoms with van der Waals surface area (Å²) in [6, 6.07) is 26.6. The molecule has 25 heavy (non-hydrogen) atoms. The summed E-state index contributed by atoms with van der Waals surface area (Å²) in [5, 5.41) is 10.4. The van der Waals surface area contributed by atoms with Gasteiger partial charge in [0.1, 0.15) is 11.5 Å². The van der Waals surface area contributed by atoms with E-state index in [1.807, 2.05) is 84.9 Å². The monoisotopic (exact) mass is 355 g/mol. The summed E-state index contributed by atoms with van der Waals surface area (Å²) >= 11 is 0. The van der Waals surface area contributed by atoms with Crippen molar-refractivity contribution in [1.29, 1.82) is 0 Å². The second-order valence-corrected chi connectivity index (χ2v) is 5.77. The predicted octanol–water partition coefficient (Wildman–Crippen LogP) is 4.50. The van der Waals surface area contributed by atoms with Crippen molar-refractivity contribution in [2.24, 2.45) is 5.73 Å². The van der Waals surface area contributed by atoms with Crippen LogP contribution in [0.3, 0.4) is 0 Å². The molecule has 3 aromatic rings. The summed E-state index contributed by atoms with van der Waals surface area (Å²) in [6.45, 7) is 0. The molecule has 0 radical (unpaired) electrons. The predicted molar refractivity (Wildman–Crippen MR) is 103 cm³/mol. The van der Waals surface area contributed by atoms with Gasteiger partial charge in [-0.3, -0.25) is 0 Å². The molecule has 0 aromatic heterocycles. The van der Waals surface area contributed by atoms with Crippen LogP contribution in [0.4, 0.5) is 0 Å². The van der Waals surface area contributed by atoms with E-state index in [0.29, 0.717) is 6.42 Å². The number of aliphatic hydroxyl groups is 1. The van der Waals surface area contributed by atoms with Gasteiger partial charge in [-0.05, 0) is 35.4 Å². The maximum atomic E-state index is 10.4. The SMILES string of the molecule is Cl.N[C@H](c1ccc(Oc2ccccc2)cc1)[C@@H](O)Cc1ccccc1. The summed E-state index contributed by atoms with van der Waals surface area (Å²) in [7, 11) is 0. The normalized spacial score (nSPS) is 12.7. The lowest BCUT2D eigenvalue weighted by atomic mass is 9.97. The van der Waals surface area contributed by atoms with Crippen molar-refractivity contribution in [3.05, 3.63) is 96.1 Å². The standard InChI is InChI=1S/C21H21NO2.ClH/c22-21(20(23)15-16-7-3-1-4-8-16)17-11-13-19(14-12-17)24-18-9-5-2-6-10-18;/h1-14,20-21,23H,15,22H2;1H/t20-,21+;/m0./s1. The number of para-hydroxylation sites is 1. The summed E-state index contributed by atoms with van der Waals surface area (Å²) in [5.74, 6) is 1.54. The summed E-state index contributed by atoms with van der Waals surface area (Å²) < 4.78 is 5.77. The van der Waals surface area contributed by atoms with Crippen LogP contribution >= 0.6 is 12.4 Å². The van der Waals surface area contributed by atoms with E-state index in [9.17, 15) is 5.11 Å². The van der Waals surface area contributed by atoms with Gasteiger partial charge in [-0.25, -0.2) is 0 Å². The lowest BCUT2D eigenvalue weighted by Gasteiger charge is -2.19. The minimum Gasteiger partial charge on any atom is -0.457 e. The molecule has 0 unspecified atom stereocenters. The van der Waals surface area contributed by atoms with E-state index < -0.39 is 12.1 Å². The fourth-order valence-electron chi connectivity index (χ4n) is 2.59. The zero-order valence-electron chi connectivity index (χ0n) is 13.8. The molecule has 0 amide bonds. The highest BCUT2D eigenvalue weighted by atomic mass is 35.5. The Morgan fingerprint density at radius 1 is 0.760 bits per heavy atom. The molecule has 2 atom stereocenters. The number of benzene rings is 3. The Kier molecular flexibility index (Phi) is 7.02. The number of aliphatic hydroxyl groups excluding tert-OH is 1. The first-order valence-electron chi connectivity index (χ1n) is 8.03. The van der Waals surface area contributed by atoms with Gasteiger partial charge in [-0.1, -0.05) is 60.7 Å². The summed E-state index contributed by atoms with van der Waals surface area (Å²) in [4.78, 5) is 0. The van der Waals surface area contributed by atoms with Crippen LogP contribution in [0.25, 0.3) is 0 Å². The molecule has 0 saturated heterocycles. The molecular weight excluding hydrogens is 334 g/mol. The third kappa shape index (κ3) is 5.33. The minimum absolute atomic E-state index is 0. The Balaban J connectivity index is 0.00000225. The first-order chi connectivity index (χ1) is 11.7. The van der Waals surface area contributed by atoms with Gasteiger partial charge in [0.25, 0.3) is 0 Å². The molecule has 3 rings (SSSR count). The Morgan fingerprint density at radius 2 is 1.28 bits per heavy atom. The maximum Gasteiger partial charge on any atom is 0.127 e. The number of nitrogens with two attached hydrogens (primary N) is 1. The molecule has 3 nitrogen and oxygen atoms in total. The molecule has 0 fully saturated rings. The van der Waals surface area contributed by atoms with Gasteiger partial charge in [0.15, 0.2) is 0 Å². The van der Waals surface area contributed by atoms with E-state index in [1.165, 1.54) is 0 Å². The van der Waals surface area contributed by atoms with Crippen LogP contribution in [-0.2, 0) is 6.42 Å². The van der Waals surface area contributed by atoms with Gasteiger partial charge in [-0.15, -0.1) is 12.4 Å². The second-order valence-electron chi connectivity index (χ2n) is 5.77. The van der Waals surface area contributed by atoms with E-state index >= 15 is 0 Å². The molecule has 0 saturated carbocycles. The fourth-order valence-corrected chi connectivity index (χ4v) is 2.59. The van der Waals surface area contributed by atoms with Crippen molar-refractivity contribution in [1.82, 2.24) is 0 Å². The van der Waals surface area contributed by atoms with Gasteiger partial charge < -0.3 is 15.6 Å². The highest BCUT2D eigenvalue weighted by molar-refractivity contribution is 5.85. The van der Waals surface area contributed by atoms with E-state index in [0.717, 1.165) is 22.6 Å². The average Bonchev–Trinajstić information content (AvgIpc) is 2.63. The van der Waals surface area contributed by atoms with Crippen molar-refractivity contribution in [3.63, 3.8) is 0 Å². The van der Waals surface area contributed by atoms with Crippen molar-refractivity contribution in [2.45, 2.75) is 18.6 Å². The zero-order valence-corrected chi connectivity index (χ0v) is 14.6. The quantitative estimate of drug-likeness (QED) is 0.684. The minimum atomic E-state index is -0.631. The maximum absolute atomic E-state index is 10.4. The van der Waals surface area contributed by atoms with E-state index in [-0.39, 0.29) is 12.4 Å². The van der Waals surface area contributed by atoms with Crippen LogP contribution in [0.1, 0.15) is 17.2 Å². The van der Waals surface area contributed by atoms with Crippen LogP contribution in [0.15, 0.2) is 84.9 Å². The number of halogens is 1. The third-order valence-electron chi connectivity index (χ3n) is 3.95. The first kappa shape index (κ1) is 19.0. The Labute approximate surface area is 154 Å². The zero-order chi connectivity index (χ0) is 16.8. The van der Waals surface area contributed by atoms with E-state index in [2.05, 4.69) is 0 Å². The molecule has 0 aliphatic rings. The number of rotatable bonds is 6. The number of hydrogen-bond acceptors (Lipinski definition) is 3. The lowest BCUT2D eigenvalue weighted by molar-refractivity contribution is 0.145. The van der Waals surface area contributed by atoms with Crippen LogP contribution < -0.4 is 10.5 Å². The average molecular weight is 356 g/mol. The Hall–Kier alpha value is -2.33. The smallest absolute Gasteiger partial charge is 0.127 e. The number of ether oxygens (including phenoxy) is 1. The second kappa shape index (κ2) is 9.23. The van der Waals surface area contributed by atoms with E-state index in [1.54, 1.807) is 0 Å². The molecule has 3 N–H and O–H groups in total. The third-order valence-corrected chi connectivity index (χ3v) is 3.95. The van der Waals surface area contributed by atoms with Gasteiger partial charge in [-0.2, -0.15) is 0 Å². The lowest BCUT2D eigenvalue weighted by Crippen LogP contribution is -2.28. The summed E-state index contributed by atoms with van der Waals surface area (Å²) in [5.41, 5.74) is 8.16. The Morgan fingerprint density at radius 3 is 1.88 bits per heavy atom. The topological polar surface area (TPSA) is 55.5 Å². The van der Waals surface area contributed by atoms with Crippen molar-refractivity contribution < 1.29 is 9.84 Å². The van der Waals surface area contributed by atoms with Crippen LogP contribution in [0, 0.1) is 0 Å². The van der Waals surface area contributed by atoms with Crippen LogP contribution in [0.5, 0.6) is 11.5 Å². The van der Waals surface area contributed by atoms with Crippen LogP contribution in [0.2, 0.25) is 0 Å². The molecule has 130 valence electrons. The van der Waals surface area contributed by atoms with Crippen molar-refractivity contribution in [2.75, 3.05) is 0 Å².